The fourth-order valence-electron chi connectivity index (χ4n) is 2.53. The lowest BCUT2D eigenvalue weighted by molar-refractivity contribution is 0.584. The molecule has 2 N–H and O–H groups in total. The zero-order valence-electron chi connectivity index (χ0n) is 9.73. The average molecular weight is 244 g/mol. The number of rotatable bonds is 2. The number of hydrogen-bond acceptors (Lipinski definition) is 3. The molecule has 0 saturated carbocycles. The Hall–Kier alpha value is -1.19. The van der Waals surface area contributed by atoms with Crippen LogP contribution in [0.2, 0.25) is 0 Å². The van der Waals surface area contributed by atoms with Gasteiger partial charge in [0.25, 0.3) is 0 Å². The van der Waals surface area contributed by atoms with Gasteiger partial charge in [0.05, 0.1) is 5.69 Å². The Morgan fingerprint density at radius 2 is 2.12 bits per heavy atom. The predicted octanol–water partition coefficient (Wildman–Crippen LogP) is 2.87. The van der Waals surface area contributed by atoms with E-state index in [0.717, 1.165) is 17.8 Å². The first-order valence-electron chi connectivity index (χ1n) is 6.09. The van der Waals surface area contributed by atoms with Crippen LogP contribution in [0.25, 0.3) is 0 Å². The lowest BCUT2D eigenvalue weighted by Crippen LogP contribution is -2.11. The van der Waals surface area contributed by atoms with Crippen LogP contribution in [0.3, 0.4) is 0 Å². The highest BCUT2D eigenvalue weighted by atomic mass is 32.1. The van der Waals surface area contributed by atoms with E-state index in [1.165, 1.54) is 22.6 Å². The summed E-state index contributed by atoms with van der Waals surface area (Å²) in [6.07, 6.45) is 3.45. The first kappa shape index (κ1) is 10.9. The number of nitrogens with two attached hydrogens (primary N) is 1. The van der Waals surface area contributed by atoms with Gasteiger partial charge in [0.2, 0.25) is 0 Å². The average Bonchev–Trinajstić information content (AvgIpc) is 2.81. The van der Waals surface area contributed by atoms with Crippen LogP contribution in [0.5, 0.6) is 0 Å². The van der Waals surface area contributed by atoms with Crippen molar-refractivity contribution in [2.75, 3.05) is 0 Å². The van der Waals surface area contributed by atoms with E-state index in [9.17, 15) is 0 Å². The number of hydrogen-bond donors (Lipinski definition) is 1. The van der Waals surface area contributed by atoms with Crippen LogP contribution >= 0.6 is 11.3 Å². The number of nitrogens with zero attached hydrogens (tertiary/aromatic N) is 1. The van der Waals surface area contributed by atoms with Crippen molar-refractivity contribution in [3.8, 4) is 0 Å². The van der Waals surface area contributed by atoms with Crippen LogP contribution in [-0.2, 0) is 19.4 Å². The van der Waals surface area contributed by atoms with Crippen molar-refractivity contribution in [2.45, 2.75) is 31.7 Å². The van der Waals surface area contributed by atoms with E-state index in [0.29, 0.717) is 12.5 Å². The normalized spacial score (nSPS) is 19.0. The van der Waals surface area contributed by atoms with Crippen molar-refractivity contribution in [3.05, 3.63) is 51.5 Å². The smallest absolute Gasteiger partial charge is 0.107 e. The number of fused-ring (bicyclic) bond motifs is 1. The van der Waals surface area contributed by atoms with Gasteiger partial charge in [0.1, 0.15) is 5.01 Å². The SMILES string of the molecule is NCc1nc2c(s1)C[C@@H](c1ccccc1)CC2. The molecule has 17 heavy (non-hydrogen) atoms. The van der Waals surface area contributed by atoms with Crippen molar-refractivity contribution in [3.63, 3.8) is 0 Å². The van der Waals surface area contributed by atoms with Gasteiger partial charge in [-0.25, -0.2) is 4.98 Å². The Morgan fingerprint density at radius 1 is 1.29 bits per heavy atom. The van der Waals surface area contributed by atoms with Crippen LogP contribution in [0.4, 0.5) is 0 Å². The summed E-state index contributed by atoms with van der Waals surface area (Å²) in [4.78, 5) is 6.04. The molecule has 1 aliphatic rings. The molecule has 1 aliphatic carbocycles. The summed E-state index contributed by atoms with van der Waals surface area (Å²) < 4.78 is 0. The third-order valence-corrected chi connectivity index (χ3v) is 4.57. The maximum Gasteiger partial charge on any atom is 0.107 e. The fourth-order valence-corrected chi connectivity index (χ4v) is 3.60. The summed E-state index contributed by atoms with van der Waals surface area (Å²) in [6, 6.07) is 10.8. The molecule has 88 valence electrons. The summed E-state index contributed by atoms with van der Waals surface area (Å²) in [5, 5.41) is 1.09. The predicted molar refractivity (Wildman–Crippen MR) is 71.2 cm³/mol. The zero-order chi connectivity index (χ0) is 11.7. The van der Waals surface area contributed by atoms with Gasteiger partial charge in [-0.05, 0) is 30.7 Å². The van der Waals surface area contributed by atoms with Gasteiger partial charge >= 0.3 is 0 Å². The summed E-state index contributed by atoms with van der Waals surface area (Å²) >= 11 is 1.80. The molecule has 0 amide bonds. The summed E-state index contributed by atoms with van der Waals surface area (Å²) in [5.74, 6) is 0.662. The van der Waals surface area contributed by atoms with Gasteiger partial charge in [0, 0.05) is 11.4 Å². The second-order valence-electron chi connectivity index (χ2n) is 4.53. The van der Waals surface area contributed by atoms with Crippen molar-refractivity contribution in [1.82, 2.24) is 4.98 Å². The monoisotopic (exact) mass is 244 g/mol. The highest BCUT2D eigenvalue weighted by Gasteiger charge is 2.23. The number of thiazole rings is 1. The van der Waals surface area contributed by atoms with E-state index in [1.54, 1.807) is 11.3 Å². The highest BCUT2D eigenvalue weighted by molar-refractivity contribution is 7.11. The molecule has 0 bridgehead atoms. The molecule has 0 saturated heterocycles. The van der Waals surface area contributed by atoms with Gasteiger partial charge in [-0.2, -0.15) is 0 Å². The minimum Gasteiger partial charge on any atom is -0.325 e. The molecular formula is C14H16N2S. The zero-order valence-corrected chi connectivity index (χ0v) is 10.5. The summed E-state index contributed by atoms with van der Waals surface area (Å²) in [7, 11) is 0. The molecule has 2 aromatic rings. The highest BCUT2D eigenvalue weighted by Crippen LogP contribution is 2.35. The van der Waals surface area contributed by atoms with E-state index in [-0.39, 0.29) is 0 Å². The van der Waals surface area contributed by atoms with E-state index < -0.39 is 0 Å². The van der Waals surface area contributed by atoms with Crippen molar-refractivity contribution >= 4 is 11.3 Å². The molecule has 1 aromatic carbocycles. The fraction of sp³-hybridized carbons (Fsp3) is 0.357. The first-order chi connectivity index (χ1) is 8.36. The minimum absolute atomic E-state index is 0.577. The van der Waals surface area contributed by atoms with Crippen molar-refractivity contribution < 1.29 is 0 Å². The van der Waals surface area contributed by atoms with Crippen LogP contribution < -0.4 is 5.73 Å². The second-order valence-corrected chi connectivity index (χ2v) is 5.70. The number of aromatic nitrogens is 1. The maximum absolute atomic E-state index is 5.66. The molecular weight excluding hydrogens is 228 g/mol. The molecule has 0 spiro atoms. The quantitative estimate of drug-likeness (QED) is 0.882. The molecule has 1 heterocycles. The molecule has 0 radical (unpaired) electrons. The second kappa shape index (κ2) is 4.59. The third-order valence-electron chi connectivity index (χ3n) is 3.43. The first-order valence-corrected chi connectivity index (χ1v) is 6.91. The third kappa shape index (κ3) is 2.13. The Kier molecular flexibility index (Phi) is 2.95. The Morgan fingerprint density at radius 3 is 2.88 bits per heavy atom. The van der Waals surface area contributed by atoms with Crippen LogP contribution in [-0.4, -0.2) is 4.98 Å². The Balaban J connectivity index is 1.85. The van der Waals surface area contributed by atoms with E-state index in [1.807, 2.05) is 0 Å². The van der Waals surface area contributed by atoms with Crippen LogP contribution in [0.15, 0.2) is 30.3 Å². The Labute approximate surface area is 106 Å². The van der Waals surface area contributed by atoms with Gasteiger partial charge in [0.15, 0.2) is 0 Å². The molecule has 3 heteroatoms. The molecule has 1 aromatic heterocycles. The largest absolute Gasteiger partial charge is 0.325 e. The molecule has 0 unspecified atom stereocenters. The lowest BCUT2D eigenvalue weighted by atomic mass is 9.85. The molecule has 2 nitrogen and oxygen atoms in total. The molecule has 0 fully saturated rings. The minimum atomic E-state index is 0.577. The van der Waals surface area contributed by atoms with E-state index in [2.05, 4.69) is 35.3 Å². The molecule has 0 aliphatic heterocycles. The van der Waals surface area contributed by atoms with Crippen molar-refractivity contribution in [2.24, 2.45) is 5.73 Å². The lowest BCUT2D eigenvalue weighted by Gasteiger charge is -2.21. The number of aryl methyl sites for hydroxylation is 1. The topological polar surface area (TPSA) is 38.9 Å². The van der Waals surface area contributed by atoms with Gasteiger partial charge < -0.3 is 5.73 Å². The summed E-state index contributed by atoms with van der Waals surface area (Å²) in [6.45, 7) is 0.577. The Bertz CT molecular complexity index is 504. The van der Waals surface area contributed by atoms with E-state index in [4.69, 9.17) is 5.73 Å². The van der Waals surface area contributed by atoms with E-state index >= 15 is 0 Å². The molecule has 3 rings (SSSR count). The van der Waals surface area contributed by atoms with Gasteiger partial charge in [-0.1, -0.05) is 30.3 Å². The number of benzene rings is 1. The molecule has 1 atom stereocenters. The van der Waals surface area contributed by atoms with Crippen molar-refractivity contribution in [1.29, 1.82) is 0 Å². The van der Waals surface area contributed by atoms with Gasteiger partial charge in [-0.15, -0.1) is 11.3 Å². The van der Waals surface area contributed by atoms with Crippen LogP contribution in [0.1, 0.15) is 33.5 Å². The van der Waals surface area contributed by atoms with Gasteiger partial charge in [-0.3, -0.25) is 0 Å². The van der Waals surface area contributed by atoms with Crippen LogP contribution in [0, 0.1) is 0 Å². The summed E-state index contributed by atoms with van der Waals surface area (Å²) in [5.41, 5.74) is 8.41. The maximum atomic E-state index is 5.66. The standard InChI is InChI=1S/C14H16N2S/c15-9-14-16-12-7-6-11(8-13(12)17-14)10-4-2-1-3-5-10/h1-5,11H,6-9,15H2/t11-/m0/s1.